The zero-order chi connectivity index (χ0) is 12.3. The highest BCUT2D eigenvalue weighted by Gasteiger charge is 2.29. The van der Waals surface area contributed by atoms with Gasteiger partial charge in [0.1, 0.15) is 5.25 Å². The van der Waals surface area contributed by atoms with E-state index in [0.29, 0.717) is 0 Å². The van der Waals surface area contributed by atoms with Gasteiger partial charge in [0.15, 0.2) is 0 Å². The molecule has 1 aromatic rings. The molecule has 1 N–H and O–H groups in total. The Morgan fingerprint density at radius 1 is 1.65 bits per heavy atom. The Morgan fingerprint density at radius 2 is 2.47 bits per heavy atom. The quantitative estimate of drug-likeness (QED) is 0.905. The largest absolute Gasteiger partial charge is 0.343 e. The number of hydrogen-bond donors (Lipinski definition) is 1. The first-order chi connectivity index (χ1) is 8.24. The van der Waals surface area contributed by atoms with Gasteiger partial charge in [-0.25, -0.2) is 0 Å². The van der Waals surface area contributed by atoms with Crippen molar-refractivity contribution in [3.63, 3.8) is 0 Å². The van der Waals surface area contributed by atoms with Crippen LogP contribution in [0.2, 0.25) is 0 Å². The van der Waals surface area contributed by atoms with E-state index in [0.717, 1.165) is 25.3 Å². The van der Waals surface area contributed by atoms with Gasteiger partial charge in [0, 0.05) is 25.0 Å². The average molecular weight is 270 g/mol. The SMILES string of the molecule is CNCCN(C)C(=O)C1SCCc2sccc21. The summed E-state index contributed by atoms with van der Waals surface area (Å²) in [5.41, 5.74) is 1.24. The molecule has 0 fully saturated rings. The molecule has 1 amide bonds. The molecule has 2 rings (SSSR count). The Morgan fingerprint density at radius 3 is 3.24 bits per heavy atom. The first-order valence-electron chi connectivity index (χ1n) is 5.81. The normalized spacial score (nSPS) is 18.8. The predicted octanol–water partition coefficient (Wildman–Crippen LogP) is 1.76. The number of amides is 1. The van der Waals surface area contributed by atoms with Crippen LogP contribution in [0.15, 0.2) is 11.4 Å². The van der Waals surface area contributed by atoms with Crippen molar-refractivity contribution in [1.82, 2.24) is 10.2 Å². The number of carbonyl (C=O) groups is 1. The summed E-state index contributed by atoms with van der Waals surface area (Å²) in [6, 6.07) is 2.11. The monoisotopic (exact) mass is 270 g/mol. The minimum absolute atomic E-state index is 0.0202. The summed E-state index contributed by atoms with van der Waals surface area (Å²) in [7, 11) is 3.80. The maximum absolute atomic E-state index is 12.3. The molecule has 94 valence electrons. The lowest BCUT2D eigenvalue weighted by Gasteiger charge is -2.26. The number of carbonyl (C=O) groups excluding carboxylic acids is 1. The lowest BCUT2D eigenvalue weighted by atomic mass is 10.1. The van der Waals surface area contributed by atoms with Crippen LogP contribution in [0.1, 0.15) is 15.7 Å². The standard InChI is InChI=1S/C12H18N2OS2/c1-13-5-6-14(2)12(15)11-9-3-7-16-10(9)4-8-17-11/h3,7,11,13H,4-6,8H2,1-2H3. The van der Waals surface area contributed by atoms with Crippen molar-refractivity contribution < 1.29 is 4.79 Å². The Kier molecular flexibility index (Phi) is 4.48. The van der Waals surface area contributed by atoms with Gasteiger partial charge >= 0.3 is 0 Å². The van der Waals surface area contributed by atoms with Crippen LogP contribution in [0.4, 0.5) is 0 Å². The smallest absolute Gasteiger partial charge is 0.240 e. The molecule has 17 heavy (non-hydrogen) atoms. The van der Waals surface area contributed by atoms with Gasteiger partial charge < -0.3 is 10.2 Å². The van der Waals surface area contributed by atoms with Gasteiger partial charge in [0.25, 0.3) is 0 Å². The van der Waals surface area contributed by atoms with Gasteiger partial charge in [-0.05, 0) is 36.2 Å². The Hall–Kier alpha value is -0.520. The molecule has 0 saturated heterocycles. The van der Waals surface area contributed by atoms with Crippen LogP contribution in [-0.4, -0.2) is 43.7 Å². The summed E-state index contributed by atoms with van der Waals surface area (Å²) in [5, 5.41) is 5.19. The van der Waals surface area contributed by atoms with Crippen LogP contribution in [0.3, 0.4) is 0 Å². The Balaban J connectivity index is 2.06. The fourth-order valence-electron chi connectivity index (χ4n) is 1.94. The molecule has 1 aliphatic rings. The van der Waals surface area contributed by atoms with Gasteiger partial charge in [0.2, 0.25) is 5.91 Å². The van der Waals surface area contributed by atoms with Crippen LogP contribution in [0, 0.1) is 0 Å². The molecular formula is C12H18N2OS2. The fourth-order valence-corrected chi connectivity index (χ4v) is 4.35. The number of likely N-dealkylation sites (N-methyl/N-ethyl adjacent to an activating group) is 2. The summed E-state index contributed by atoms with van der Waals surface area (Å²) in [4.78, 5) is 15.6. The van der Waals surface area contributed by atoms with E-state index in [4.69, 9.17) is 0 Å². The van der Waals surface area contributed by atoms with Crippen molar-refractivity contribution in [3.05, 3.63) is 21.9 Å². The third-order valence-corrected chi connectivity index (χ3v) is 5.20. The maximum Gasteiger partial charge on any atom is 0.240 e. The number of thioether (sulfide) groups is 1. The fraction of sp³-hybridized carbons (Fsp3) is 0.583. The van der Waals surface area contributed by atoms with Gasteiger partial charge in [-0.2, -0.15) is 0 Å². The highest BCUT2D eigenvalue weighted by Crippen LogP contribution is 2.40. The van der Waals surface area contributed by atoms with E-state index in [-0.39, 0.29) is 11.2 Å². The van der Waals surface area contributed by atoms with Crippen molar-refractivity contribution in [1.29, 1.82) is 0 Å². The molecule has 0 saturated carbocycles. The van der Waals surface area contributed by atoms with Crippen molar-refractivity contribution in [3.8, 4) is 0 Å². The molecule has 3 nitrogen and oxygen atoms in total. The lowest BCUT2D eigenvalue weighted by molar-refractivity contribution is -0.129. The van der Waals surface area contributed by atoms with Crippen LogP contribution in [-0.2, 0) is 11.2 Å². The molecule has 5 heteroatoms. The molecule has 1 aromatic heterocycles. The van der Waals surface area contributed by atoms with Crippen molar-refractivity contribution in [2.24, 2.45) is 0 Å². The van der Waals surface area contributed by atoms with E-state index in [2.05, 4.69) is 16.8 Å². The topological polar surface area (TPSA) is 32.3 Å². The van der Waals surface area contributed by atoms with Crippen LogP contribution >= 0.6 is 23.1 Å². The number of hydrogen-bond acceptors (Lipinski definition) is 4. The summed E-state index contributed by atoms with van der Waals surface area (Å²) in [6.07, 6.45) is 1.11. The van der Waals surface area contributed by atoms with Crippen LogP contribution in [0.25, 0.3) is 0 Å². The third-order valence-electron chi connectivity index (χ3n) is 2.97. The minimum atomic E-state index is 0.0202. The lowest BCUT2D eigenvalue weighted by Crippen LogP contribution is -2.36. The van der Waals surface area contributed by atoms with Gasteiger partial charge in [0.05, 0.1) is 0 Å². The summed E-state index contributed by atoms with van der Waals surface area (Å²) in [6.45, 7) is 1.61. The number of fused-ring (bicyclic) bond motifs is 1. The van der Waals surface area contributed by atoms with Gasteiger partial charge in [-0.15, -0.1) is 23.1 Å². The molecule has 1 atom stereocenters. The summed E-state index contributed by atoms with van der Waals surface area (Å²) in [5.74, 6) is 1.30. The highest BCUT2D eigenvalue weighted by molar-refractivity contribution is 8.00. The first kappa shape index (κ1) is 12.9. The first-order valence-corrected chi connectivity index (χ1v) is 7.74. The number of nitrogens with zero attached hydrogens (tertiary/aromatic N) is 1. The second-order valence-electron chi connectivity index (χ2n) is 4.16. The predicted molar refractivity (Wildman–Crippen MR) is 74.8 cm³/mol. The van der Waals surface area contributed by atoms with Gasteiger partial charge in [-0.1, -0.05) is 0 Å². The highest BCUT2D eigenvalue weighted by atomic mass is 32.2. The number of rotatable bonds is 4. The second-order valence-corrected chi connectivity index (χ2v) is 6.38. The number of thiophene rings is 1. The molecule has 1 unspecified atom stereocenters. The number of nitrogens with one attached hydrogen (secondary N) is 1. The van der Waals surface area contributed by atoms with Crippen molar-refractivity contribution in [2.75, 3.05) is 32.9 Å². The van der Waals surface area contributed by atoms with Crippen LogP contribution < -0.4 is 5.32 Å². The van der Waals surface area contributed by atoms with Crippen molar-refractivity contribution in [2.45, 2.75) is 11.7 Å². The zero-order valence-corrected chi connectivity index (χ0v) is 11.9. The van der Waals surface area contributed by atoms with Crippen molar-refractivity contribution >= 4 is 29.0 Å². The van der Waals surface area contributed by atoms with E-state index in [1.807, 2.05) is 19.0 Å². The van der Waals surface area contributed by atoms with E-state index in [9.17, 15) is 4.79 Å². The molecule has 0 aromatic carbocycles. The molecule has 2 heterocycles. The molecule has 0 aliphatic carbocycles. The maximum atomic E-state index is 12.3. The molecule has 0 spiro atoms. The molecule has 0 radical (unpaired) electrons. The third kappa shape index (κ3) is 2.84. The second kappa shape index (κ2) is 5.89. The Bertz CT molecular complexity index is 392. The van der Waals surface area contributed by atoms with E-state index < -0.39 is 0 Å². The average Bonchev–Trinajstić information content (AvgIpc) is 2.82. The van der Waals surface area contributed by atoms with E-state index >= 15 is 0 Å². The van der Waals surface area contributed by atoms with Crippen LogP contribution in [0.5, 0.6) is 0 Å². The summed E-state index contributed by atoms with van der Waals surface area (Å²) >= 11 is 3.56. The molecular weight excluding hydrogens is 252 g/mol. The Labute approximate surface area is 111 Å². The molecule has 1 aliphatic heterocycles. The molecule has 0 bridgehead atoms. The number of aryl methyl sites for hydroxylation is 1. The van der Waals surface area contributed by atoms with E-state index in [1.54, 1.807) is 23.1 Å². The van der Waals surface area contributed by atoms with E-state index in [1.165, 1.54) is 10.4 Å². The summed E-state index contributed by atoms with van der Waals surface area (Å²) < 4.78 is 0. The zero-order valence-electron chi connectivity index (χ0n) is 10.2. The van der Waals surface area contributed by atoms with Gasteiger partial charge in [-0.3, -0.25) is 4.79 Å². The minimum Gasteiger partial charge on any atom is -0.343 e.